The maximum absolute atomic E-state index is 13.3. The second kappa shape index (κ2) is 14.1. The first-order chi connectivity index (χ1) is 28.0. The van der Waals surface area contributed by atoms with Crippen LogP contribution in [0.2, 0.25) is 0 Å². The molecule has 0 saturated carbocycles. The monoisotopic (exact) mass is 786 g/mol. The number of aliphatic hydroxyl groups is 3. The number of phenolic OH excluding ortho intramolecular Hbond substituents is 2. The van der Waals surface area contributed by atoms with Crippen LogP contribution in [0.3, 0.4) is 0 Å². The number of hydrogen-bond donors (Lipinski definition) is 5. The number of β-amino-alcohol motifs (C(OH)–C–C–N with tert-alkyl or cyclic N) is 2. The number of nitrogens with zero attached hydrogens (tertiary/aromatic N) is 2. The van der Waals surface area contributed by atoms with Gasteiger partial charge in [-0.1, -0.05) is 36.4 Å². The average Bonchev–Trinajstić information content (AvgIpc) is 3.90. The smallest absolute Gasteiger partial charge is 0.258 e. The first-order valence-corrected chi connectivity index (χ1v) is 18.6. The quantitative estimate of drug-likeness (QED) is 0.146. The number of methoxy groups -OCH3 is 2. The predicted molar refractivity (Wildman–Crippen MR) is 214 cm³/mol. The van der Waals surface area contributed by atoms with Gasteiger partial charge < -0.3 is 44.5 Å². The van der Waals surface area contributed by atoms with Crippen molar-refractivity contribution >= 4 is 33.4 Å². The molecular formula is C45H42N2O11. The van der Waals surface area contributed by atoms with Gasteiger partial charge in [0.25, 0.3) is 11.8 Å². The van der Waals surface area contributed by atoms with Gasteiger partial charge in [0.1, 0.15) is 34.5 Å². The topological polar surface area (TPSA) is 179 Å². The molecule has 58 heavy (non-hydrogen) atoms. The number of carbonyl (C=O) groups is 2. The summed E-state index contributed by atoms with van der Waals surface area (Å²) in [5.74, 6) is 1.69. The van der Waals surface area contributed by atoms with Crippen molar-refractivity contribution in [1.29, 1.82) is 0 Å². The largest absolute Gasteiger partial charge is 0.507 e. The molecule has 0 saturated heterocycles. The number of aliphatic hydroxyl groups excluding tert-OH is 3. The Balaban J connectivity index is 0.000000155. The van der Waals surface area contributed by atoms with Crippen molar-refractivity contribution in [3.05, 3.63) is 129 Å². The van der Waals surface area contributed by atoms with Gasteiger partial charge in [-0.3, -0.25) is 19.4 Å². The lowest BCUT2D eigenvalue weighted by Crippen LogP contribution is -2.48. The summed E-state index contributed by atoms with van der Waals surface area (Å²) in [6, 6.07) is 25.2. The van der Waals surface area contributed by atoms with E-state index >= 15 is 0 Å². The fourth-order valence-electron chi connectivity index (χ4n) is 9.14. The summed E-state index contributed by atoms with van der Waals surface area (Å²) in [6.45, 7) is 3.57. The van der Waals surface area contributed by atoms with E-state index in [9.17, 15) is 30.0 Å². The third-order valence-corrected chi connectivity index (χ3v) is 11.1. The van der Waals surface area contributed by atoms with Gasteiger partial charge in [0, 0.05) is 31.0 Å². The lowest BCUT2D eigenvalue weighted by molar-refractivity contribution is -0.0286. The van der Waals surface area contributed by atoms with Crippen molar-refractivity contribution in [2.24, 2.45) is 0 Å². The number of carbonyl (C=O) groups excluding carboxylic acids is 2. The van der Waals surface area contributed by atoms with Crippen molar-refractivity contribution in [2.75, 3.05) is 47.6 Å². The predicted octanol–water partition coefficient (Wildman–Crippen LogP) is 5.42. The Morgan fingerprint density at radius 3 is 1.34 bits per heavy atom. The summed E-state index contributed by atoms with van der Waals surface area (Å²) >= 11 is 0. The number of fused-ring (bicyclic) bond motifs is 6. The Bertz CT molecular complexity index is 2500. The van der Waals surface area contributed by atoms with Crippen LogP contribution in [0.25, 0.3) is 21.5 Å². The van der Waals surface area contributed by atoms with E-state index in [4.69, 9.17) is 24.1 Å². The van der Waals surface area contributed by atoms with E-state index in [1.54, 1.807) is 48.5 Å². The number of ether oxygens (including phenoxy) is 4. The Morgan fingerprint density at radius 1 is 0.586 bits per heavy atom. The number of amides is 2. The number of benzene rings is 6. The van der Waals surface area contributed by atoms with Crippen molar-refractivity contribution < 1.29 is 54.1 Å². The first kappa shape index (κ1) is 38.3. The lowest BCUT2D eigenvalue weighted by atomic mass is 9.90. The van der Waals surface area contributed by atoms with E-state index in [-0.39, 0.29) is 49.6 Å². The van der Waals surface area contributed by atoms with Crippen molar-refractivity contribution in [2.45, 2.75) is 25.3 Å². The molecule has 2 spiro atoms. The van der Waals surface area contributed by atoms with Crippen LogP contribution in [-0.2, 0) is 11.4 Å². The molecule has 0 radical (unpaired) electrons. The highest BCUT2D eigenvalue weighted by molar-refractivity contribution is 6.07. The van der Waals surface area contributed by atoms with Crippen molar-refractivity contribution in [1.82, 2.24) is 9.80 Å². The Morgan fingerprint density at radius 2 is 0.983 bits per heavy atom. The lowest BCUT2D eigenvalue weighted by Gasteiger charge is -2.36. The molecule has 0 aliphatic carbocycles. The molecule has 5 N–H and O–H groups in total. The zero-order valence-electron chi connectivity index (χ0n) is 32.5. The number of phenols is 2. The zero-order chi connectivity index (χ0) is 41.3. The standard InChI is InChI=1S/2C22H19NO5.CH4O/c2*1-12-10-13-6-7-15(25)20-18(13)17(11-12)28-22(20)19-14(4-3-5-16(19)27-2)21(26)23(22)8-9-24;1-2/h2*3-7,10-11,24-25H,8-9H2,1-2H3;2H,1H3/t2*22-;/m00./s1. The Hall–Kier alpha value is -6.54. The van der Waals surface area contributed by atoms with Gasteiger partial charge in [-0.25, -0.2) is 0 Å². The minimum atomic E-state index is -1.39. The van der Waals surface area contributed by atoms with Gasteiger partial charge in [0.15, 0.2) is 0 Å². The molecule has 2 amide bonds. The summed E-state index contributed by atoms with van der Waals surface area (Å²) in [6.07, 6.45) is 0. The minimum Gasteiger partial charge on any atom is -0.507 e. The second-order valence-electron chi connectivity index (χ2n) is 14.3. The Labute approximate surface area is 333 Å². The van der Waals surface area contributed by atoms with Crippen LogP contribution in [0.4, 0.5) is 0 Å². The molecule has 10 rings (SSSR count). The van der Waals surface area contributed by atoms with E-state index in [2.05, 4.69) is 0 Å². The first-order valence-electron chi connectivity index (χ1n) is 18.6. The highest BCUT2D eigenvalue weighted by atomic mass is 16.5. The van der Waals surface area contributed by atoms with Gasteiger partial charge in [-0.15, -0.1) is 0 Å². The third kappa shape index (κ3) is 5.06. The van der Waals surface area contributed by atoms with E-state index in [0.29, 0.717) is 56.4 Å². The molecule has 13 nitrogen and oxygen atoms in total. The summed E-state index contributed by atoms with van der Waals surface area (Å²) in [4.78, 5) is 29.5. The average molecular weight is 787 g/mol. The van der Waals surface area contributed by atoms with Crippen LogP contribution < -0.4 is 18.9 Å². The van der Waals surface area contributed by atoms with Crippen LogP contribution in [0.5, 0.6) is 34.5 Å². The van der Waals surface area contributed by atoms with Gasteiger partial charge in [-0.2, -0.15) is 0 Å². The fraction of sp³-hybridized carbons (Fsp3) is 0.244. The molecule has 0 unspecified atom stereocenters. The number of aromatic hydroxyl groups is 2. The second-order valence-corrected chi connectivity index (χ2v) is 14.3. The minimum absolute atomic E-state index is 0.0320. The van der Waals surface area contributed by atoms with E-state index in [0.717, 1.165) is 39.8 Å². The summed E-state index contributed by atoms with van der Waals surface area (Å²) < 4.78 is 24.1. The third-order valence-electron chi connectivity index (χ3n) is 11.1. The van der Waals surface area contributed by atoms with E-state index in [1.165, 1.54) is 24.0 Å². The molecule has 4 aliphatic heterocycles. The molecule has 6 aromatic rings. The van der Waals surface area contributed by atoms with Crippen LogP contribution in [0.15, 0.2) is 84.9 Å². The molecule has 6 aromatic carbocycles. The van der Waals surface area contributed by atoms with Crippen molar-refractivity contribution in [3.63, 3.8) is 0 Å². The number of hydrogen-bond acceptors (Lipinski definition) is 11. The Kier molecular flexibility index (Phi) is 9.34. The molecule has 4 heterocycles. The van der Waals surface area contributed by atoms with Gasteiger partial charge in [0.2, 0.25) is 11.4 Å². The normalized spacial score (nSPS) is 18.8. The summed E-state index contributed by atoms with van der Waals surface area (Å²) in [5.41, 5.74) is 2.23. The molecule has 13 heteroatoms. The highest BCUT2D eigenvalue weighted by Gasteiger charge is 2.61. The molecule has 0 aromatic heterocycles. The SMILES string of the molecule is CO.COc1cccc2c1[C@@]1(Oc3cc(C)cc4ccc(O)c1c34)N(CCO)C2=O.COc1cccc2c1[C@@]1(Oc3cc(C)cc4ccc(O)c1c34)N(CCO)C2=O. The summed E-state index contributed by atoms with van der Waals surface area (Å²) in [5, 5.41) is 51.5. The zero-order valence-corrected chi connectivity index (χ0v) is 32.5. The van der Waals surface area contributed by atoms with Crippen LogP contribution in [0.1, 0.15) is 54.1 Å². The highest BCUT2D eigenvalue weighted by Crippen LogP contribution is 2.60. The molecular weight excluding hydrogens is 744 g/mol. The number of aryl methyl sites for hydroxylation is 2. The van der Waals surface area contributed by atoms with Crippen LogP contribution >= 0.6 is 0 Å². The maximum Gasteiger partial charge on any atom is 0.258 e. The fourth-order valence-corrected chi connectivity index (χ4v) is 9.14. The van der Waals surface area contributed by atoms with Gasteiger partial charge in [-0.05, 0) is 84.3 Å². The number of rotatable bonds is 6. The molecule has 2 atom stereocenters. The molecule has 298 valence electrons. The maximum atomic E-state index is 13.3. The van der Waals surface area contributed by atoms with Gasteiger partial charge >= 0.3 is 0 Å². The van der Waals surface area contributed by atoms with E-state index < -0.39 is 11.4 Å². The molecule has 4 aliphatic rings. The van der Waals surface area contributed by atoms with Crippen molar-refractivity contribution in [3.8, 4) is 34.5 Å². The van der Waals surface area contributed by atoms with Crippen LogP contribution in [-0.4, -0.2) is 94.8 Å². The molecule has 0 fully saturated rings. The summed E-state index contributed by atoms with van der Waals surface area (Å²) in [7, 11) is 4.07. The van der Waals surface area contributed by atoms with E-state index in [1.807, 2.05) is 50.2 Å². The molecule has 0 bridgehead atoms. The van der Waals surface area contributed by atoms with Gasteiger partial charge in [0.05, 0.1) is 60.8 Å². The van der Waals surface area contributed by atoms with Crippen LogP contribution in [0, 0.1) is 13.8 Å².